The van der Waals surface area contributed by atoms with Gasteiger partial charge in [0, 0.05) is 12.8 Å². The summed E-state index contributed by atoms with van der Waals surface area (Å²) < 4.78 is 1.36. The van der Waals surface area contributed by atoms with Gasteiger partial charge in [-0.15, -0.1) is 5.10 Å². The van der Waals surface area contributed by atoms with Crippen LogP contribution in [0.25, 0.3) is 0 Å². The highest BCUT2D eigenvalue weighted by molar-refractivity contribution is 7.99. The predicted molar refractivity (Wildman–Crippen MR) is 54.8 cm³/mol. The van der Waals surface area contributed by atoms with E-state index in [2.05, 4.69) is 10.2 Å². The number of aliphatic carboxylic acids is 1. The Balaban J connectivity index is 2.42. The molecule has 1 aromatic heterocycles. The Bertz CT molecular complexity index is 399. The molecule has 0 aliphatic carbocycles. The van der Waals surface area contributed by atoms with Crippen LogP contribution in [-0.4, -0.2) is 37.6 Å². The topological polar surface area (TPSA) is 114 Å². The van der Waals surface area contributed by atoms with Crippen LogP contribution in [-0.2, 0) is 11.8 Å². The second kappa shape index (κ2) is 4.99. The molecule has 15 heavy (non-hydrogen) atoms. The summed E-state index contributed by atoms with van der Waals surface area (Å²) in [6, 6.07) is -0.867. The van der Waals surface area contributed by atoms with E-state index in [1.165, 1.54) is 16.3 Å². The van der Waals surface area contributed by atoms with Gasteiger partial charge >= 0.3 is 11.7 Å². The molecule has 84 valence electrons. The molecule has 4 N–H and O–H groups in total. The van der Waals surface area contributed by atoms with Gasteiger partial charge in [-0.3, -0.25) is 9.36 Å². The SMILES string of the molecule is Cn1c(SCCC(N)C(=O)O)n[nH]c1=O. The molecule has 0 radical (unpaired) electrons. The van der Waals surface area contributed by atoms with Gasteiger partial charge in [0.15, 0.2) is 5.16 Å². The summed E-state index contributed by atoms with van der Waals surface area (Å²) in [6.07, 6.45) is 0.334. The minimum atomic E-state index is -1.02. The first kappa shape index (κ1) is 11.8. The zero-order chi connectivity index (χ0) is 11.4. The minimum Gasteiger partial charge on any atom is -0.480 e. The Labute approximate surface area is 89.7 Å². The number of hydrogen-bond donors (Lipinski definition) is 3. The van der Waals surface area contributed by atoms with Crippen LogP contribution in [0.3, 0.4) is 0 Å². The molecular weight excluding hydrogens is 220 g/mol. The van der Waals surface area contributed by atoms with E-state index >= 15 is 0 Å². The van der Waals surface area contributed by atoms with Gasteiger partial charge in [0.1, 0.15) is 6.04 Å². The molecule has 8 heteroatoms. The van der Waals surface area contributed by atoms with Gasteiger partial charge in [0.25, 0.3) is 0 Å². The van der Waals surface area contributed by atoms with Crippen LogP contribution in [0.15, 0.2) is 9.95 Å². The molecule has 7 nitrogen and oxygen atoms in total. The zero-order valence-electron chi connectivity index (χ0n) is 8.14. The van der Waals surface area contributed by atoms with Crippen molar-refractivity contribution in [3.8, 4) is 0 Å². The molecule has 1 atom stereocenters. The number of thioether (sulfide) groups is 1. The van der Waals surface area contributed by atoms with Crippen LogP contribution in [0.1, 0.15) is 6.42 Å². The molecule has 1 unspecified atom stereocenters. The van der Waals surface area contributed by atoms with Crippen LogP contribution in [0.4, 0.5) is 0 Å². The number of carboxylic acids is 1. The molecule has 0 aliphatic heterocycles. The fraction of sp³-hybridized carbons (Fsp3) is 0.571. The largest absolute Gasteiger partial charge is 0.480 e. The van der Waals surface area contributed by atoms with E-state index in [9.17, 15) is 9.59 Å². The average molecular weight is 232 g/mol. The fourth-order valence-corrected chi connectivity index (χ4v) is 1.80. The zero-order valence-corrected chi connectivity index (χ0v) is 8.95. The Morgan fingerprint density at radius 2 is 2.47 bits per heavy atom. The lowest BCUT2D eigenvalue weighted by molar-refractivity contribution is -0.138. The van der Waals surface area contributed by atoms with Crippen molar-refractivity contribution in [2.75, 3.05) is 5.75 Å². The summed E-state index contributed by atoms with van der Waals surface area (Å²) >= 11 is 1.29. The quantitative estimate of drug-likeness (QED) is 0.561. The number of H-pyrrole nitrogens is 1. The second-order valence-electron chi connectivity index (χ2n) is 2.95. The van der Waals surface area contributed by atoms with Crippen molar-refractivity contribution in [1.29, 1.82) is 0 Å². The third-order valence-corrected chi connectivity index (χ3v) is 2.88. The summed E-state index contributed by atoms with van der Waals surface area (Å²) in [5.41, 5.74) is 5.02. The highest BCUT2D eigenvalue weighted by Gasteiger charge is 2.12. The molecule has 0 fully saturated rings. The van der Waals surface area contributed by atoms with E-state index in [1.54, 1.807) is 7.05 Å². The summed E-state index contributed by atoms with van der Waals surface area (Å²) in [5.74, 6) is -0.516. The Morgan fingerprint density at radius 3 is 2.93 bits per heavy atom. The third-order valence-electron chi connectivity index (χ3n) is 1.82. The maximum atomic E-state index is 11.0. The molecule has 1 heterocycles. The van der Waals surface area contributed by atoms with Crippen molar-refractivity contribution < 1.29 is 9.90 Å². The molecule has 1 aromatic rings. The van der Waals surface area contributed by atoms with E-state index in [0.29, 0.717) is 17.3 Å². The number of nitrogens with one attached hydrogen (secondary N) is 1. The molecule has 0 amide bonds. The monoisotopic (exact) mass is 232 g/mol. The smallest absolute Gasteiger partial charge is 0.343 e. The maximum Gasteiger partial charge on any atom is 0.343 e. The summed E-state index contributed by atoms with van der Waals surface area (Å²) in [7, 11) is 1.59. The van der Waals surface area contributed by atoms with Gasteiger partial charge in [-0.05, 0) is 6.42 Å². The molecule has 0 aromatic carbocycles. The van der Waals surface area contributed by atoms with Gasteiger partial charge < -0.3 is 10.8 Å². The number of carboxylic acid groups (broad SMARTS) is 1. The van der Waals surface area contributed by atoms with Gasteiger partial charge in [0.05, 0.1) is 0 Å². The molecule has 0 aliphatic rings. The van der Waals surface area contributed by atoms with Crippen LogP contribution in [0.5, 0.6) is 0 Å². The van der Waals surface area contributed by atoms with Crippen molar-refractivity contribution >= 4 is 17.7 Å². The van der Waals surface area contributed by atoms with E-state index < -0.39 is 12.0 Å². The Morgan fingerprint density at radius 1 is 1.80 bits per heavy atom. The van der Waals surface area contributed by atoms with E-state index in [0.717, 1.165) is 0 Å². The molecule has 0 saturated carbocycles. The fourth-order valence-electron chi connectivity index (χ4n) is 0.862. The summed E-state index contributed by atoms with van der Waals surface area (Å²) in [6.45, 7) is 0. The van der Waals surface area contributed by atoms with Crippen molar-refractivity contribution in [2.45, 2.75) is 17.6 Å². The van der Waals surface area contributed by atoms with Crippen LogP contribution < -0.4 is 11.4 Å². The number of aromatic amines is 1. The van der Waals surface area contributed by atoms with Gasteiger partial charge in [0.2, 0.25) is 0 Å². The number of rotatable bonds is 5. The maximum absolute atomic E-state index is 11.0. The normalized spacial score (nSPS) is 12.7. The molecule has 0 saturated heterocycles. The number of aromatic nitrogens is 3. The number of carbonyl (C=O) groups is 1. The first-order valence-corrected chi connectivity index (χ1v) is 5.23. The third kappa shape index (κ3) is 3.10. The van der Waals surface area contributed by atoms with Crippen molar-refractivity contribution in [1.82, 2.24) is 14.8 Å². The number of hydrogen-bond acceptors (Lipinski definition) is 5. The molecule has 0 spiro atoms. The van der Waals surface area contributed by atoms with Gasteiger partial charge in [-0.2, -0.15) is 0 Å². The number of nitrogens with two attached hydrogens (primary N) is 1. The van der Waals surface area contributed by atoms with Gasteiger partial charge in [-0.25, -0.2) is 9.89 Å². The lowest BCUT2D eigenvalue weighted by Gasteiger charge is -2.04. The average Bonchev–Trinajstić information content (AvgIpc) is 2.49. The van der Waals surface area contributed by atoms with Crippen LogP contribution in [0, 0.1) is 0 Å². The summed E-state index contributed by atoms with van der Waals surface area (Å²) in [5, 5.41) is 15.1. The van der Waals surface area contributed by atoms with Crippen LogP contribution in [0.2, 0.25) is 0 Å². The van der Waals surface area contributed by atoms with Gasteiger partial charge in [-0.1, -0.05) is 11.8 Å². The first-order chi connectivity index (χ1) is 7.02. The highest BCUT2D eigenvalue weighted by Crippen LogP contribution is 2.13. The minimum absolute atomic E-state index is 0.292. The second-order valence-corrected chi connectivity index (χ2v) is 4.01. The standard InChI is InChI=1S/C7H12N4O3S/c1-11-6(14)9-10-7(11)15-3-2-4(8)5(12)13/h4H,2-3,8H2,1H3,(H,9,14)(H,12,13). The Hall–Kier alpha value is -1.28. The molecule has 0 bridgehead atoms. The lowest BCUT2D eigenvalue weighted by Crippen LogP contribution is -2.30. The van der Waals surface area contributed by atoms with E-state index in [1.807, 2.05) is 0 Å². The van der Waals surface area contributed by atoms with Crippen molar-refractivity contribution in [2.24, 2.45) is 12.8 Å². The predicted octanol–water partition coefficient (Wildman–Crippen LogP) is -0.997. The Kier molecular flexibility index (Phi) is 3.92. The van der Waals surface area contributed by atoms with Crippen LogP contribution >= 0.6 is 11.8 Å². The lowest BCUT2D eigenvalue weighted by atomic mass is 10.2. The first-order valence-electron chi connectivity index (χ1n) is 4.25. The van der Waals surface area contributed by atoms with Crippen molar-refractivity contribution in [3.63, 3.8) is 0 Å². The molecular formula is C7H12N4O3S. The number of nitrogens with zero attached hydrogens (tertiary/aromatic N) is 2. The van der Waals surface area contributed by atoms with E-state index in [4.69, 9.17) is 10.8 Å². The highest BCUT2D eigenvalue weighted by atomic mass is 32.2. The summed E-state index contributed by atoms with van der Waals surface area (Å²) in [4.78, 5) is 21.4. The van der Waals surface area contributed by atoms with Crippen molar-refractivity contribution in [3.05, 3.63) is 10.5 Å². The van der Waals surface area contributed by atoms with E-state index in [-0.39, 0.29) is 5.69 Å². The molecule has 1 rings (SSSR count).